The molecular formula is C15H14O. The van der Waals surface area contributed by atoms with Crippen molar-refractivity contribution in [2.45, 2.75) is 19.8 Å². The Morgan fingerprint density at radius 1 is 1.00 bits per heavy atom. The van der Waals surface area contributed by atoms with E-state index in [9.17, 15) is 5.11 Å². The summed E-state index contributed by atoms with van der Waals surface area (Å²) in [6, 6.07) is 12.2. The second-order valence-corrected chi connectivity index (χ2v) is 4.45. The van der Waals surface area contributed by atoms with Gasteiger partial charge in [-0.3, -0.25) is 0 Å². The quantitative estimate of drug-likeness (QED) is 0.706. The van der Waals surface area contributed by atoms with Gasteiger partial charge in [0, 0.05) is 0 Å². The van der Waals surface area contributed by atoms with Crippen LogP contribution in [-0.2, 0) is 12.8 Å². The van der Waals surface area contributed by atoms with Crippen LogP contribution < -0.4 is 0 Å². The molecule has 0 saturated heterocycles. The van der Waals surface area contributed by atoms with Crippen molar-refractivity contribution in [2.24, 2.45) is 0 Å². The molecule has 0 bridgehead atoms. The smallest absolute Gasteiger partial charge is 0.115 e. The highest BCUT2D eigenvalue weighted by Crippen LogP contribution is 2.37. The van der Waals surface area contributed by atoms with Crippen LogP contribution in [-0.4, -0.2) is 5.11 Å². The first-order chi connectivity index (χ1) is 7.75. The van der Waals surface area contributed by atoms with E-state index in [1.54, 1.807) is 6.07 Å². The van der Waals surface area contributed by atoms with Crippen LogP contribution in [0.5, 0.6) is 5.75 Å². The summed E-state index contributed by atoms with van der Waals surface area (Å²) in [7, 11) is 0. The fraction of sp³-hybridized carbons (Fsp3) is 0.200. The first-order valence-electron chi connectivity index (χ1n) is 5.66. The predicted octanol–water partition coefficient (Wildman–Crippen LogP) is 3.47. The molecule has 0 fully saturated rings. The monoisotopic (exact) mass is 210 g/mol. The van der Waals surface area contributed by atoms with Gasteiger partial charge in [0.1, 0.15) is 5.75 Å². The van der Waals surface area contributed by atoms with Gasteiger partial charge in [-0.15, -0.1) is 0 Å². The van der Waals surface area contributed by atoms with E-state index in [1.807, 2.05) is 12.1 Å². The van der Waals surface area contributed by atoms with Crippen LogP contribution in [0.2, 0.25) is 0 Å². The summed E-state index contributed by atoms with van der Waals surface area (Å²) >= 11 is 0. The number of phenols is 1. The van der Waals surface area contributed by atoms with E-state index >= 15 is 0 Å². The molecule has 1 nitrogen and oxygen atoms in total. The first-order valence-corrected chi connectivity index (χ1v) is 5.66. The number of fused-ring (bicyclic) bond motifs is 3. The average molecular weight is 210 g/mol. The molecule has 2 aromatic carbocycles. The van der Waals surface area contributed by atoms with E-state index in [0.29, 0.717) is 5.75 Å². The van der Waals surface area contributed by atoms with Gasteiger partial charge in [-0.1, -0.05) is 24.3 Å². The number of aryl methyl sites for hydroxylation is 3. The maximum atomic E-state index is 9.51. The SMILES string of the molecule is Cc1cccc2c1-c1ccc(O)cc1CC2. The summed E-state index contributed by atoms with van der Waals surface area (Å²) in [6.45, 7) is 2.15. The van der Waals surface area contributed by atoms with Gasteiger partial charge >= 0.3 is 0 Å². The Balaban J connectivity index is 2.30. The van der Waals surface area contributed by atoms with Crippen molar-refractivity contribution < 1.29 is 5.11 Å². The summed E-state index contributed by atoms with van der Waals surface area (Å²) in [5.74, 6) is 0.371. The molecule has 1 aliphatic rings. The highest BCUT2D eigenvalue weighted by molar-refractivity contribution is 5.76. The zero-order valence-corrected chi connectivity index (χ0v) is 9.33. The Bertz CT molecular complexity index is 555. The second-order valence-electron chi connectivity index (χ2n) is 4.45. The van der Waals surface area contributed by atoms with Crippen LogP contribution in [0.3, 0.4) is 0 Å². The third-order valence-corrected chi connectivity index (χ3v) is 3.38. The third kappa shape index (κ3) is 1.32. The van der Waals surface area contributed by atoms with Gasteiger partial charge in [0.05, 0.1) is 0 Å². The maximum absolute atomic E-state index is 9.51. The molecular weight excluding hydrogens is 196 g/mol. The van der Waals surface area contributed by atoms with Crippen LogP contribution in [0, 0.1) is 6.92 Å². The number of benzene rings is 2. The molecule has 0 radical (unpaired) electrons. The second kappa shape index (κ2) is 3.38. The lowest BCUT2D eigenvalue weighted by Crippen LogP contribution is -2.04. The van der Waals surface area contributed by atoms with E-state index in [-0.39, 0.29) is 0 Å². The lowest BCUT2D eigenvalue weighted by molar-refractivity contribution is 0.474. The molecule has 3 rings (SSSR count). The van der Waals surface area contributed by atoms with Gasteiger partial charge in [-0.25, -0.2) is 0 Å². The summed E-state index contributed by atoms with van der Waals surface area (Å²) in [5, 5.41) is 9.51. The topological polar surface area (TPSA) is 20.2 Å². The van der Waals surface area contributed by atoms with Gasteiger partial charge < -0.3 is 5.11 Å². The van der Waals surface area contributed by atoms with Crippen LogP contribution >= 0.6 is 0 Å². The van der Waals surface area contributed by atoms with Crippen LogP contribution in [0.15, 0.2) is 36.4 Å². The van der Waals surface area contributed by atoms with Gasteiger partial charge in [-0.2, -0.15) is 0 Å². The lowest BCUT2D eigenvalue weighted by atomic mass is 9.83. The van der Waals surface area contributed by atoms with E-state index < -0.39 is 0 Å². The Kier molecular flexibility index (Phi) is 2.00. The van der Waals surface area contributed by atoms with Crippen molar-refractivity contribution in [1.29, 1.82) is 0 Å². The summed E-state index contributed by atoms with van der Waals surface area (Å²) in [5.41, 5.74) is 6.67. The summed E-state index contributed by atoms with van der Waals surface area (Å²) in [6.07, 6.45) is 2.10. The molecule has 1 N–H and O–H groups in total. The first kappa shape index (κ1) is 9.46. The molecule has 0 atom stereocenters. The highest BCUT2D eigenvalue weighted by atomic mass is 16.3. The fourth-order valence-corrected chi connectivity index (χ4v) is 2.62. The van der Waals surface area contributed by atoms with E-state index in [1.165, 1.54) is 27.8 Å². The van der Waals surface area contributed by atoms with Crippen molar-refractivity contribution >= 4 is 0 Å². The Morgan fingerprint density at radius 3 is 2.69 bits per heavy atom. The minimum atomic E-state index is 0.371. The molecule has 0 amide bonds. The van der Waals surface area contributed by atoms with Crippen LogP contribution in [0.25, 0.3) is 11.1 Å². The van der Waals surface area contributed by atoms with Crippen LogP contribution in [0.1, 0.15) is 16.7 Å². The molecule has 0 heterocycles. The maximum Gasteiger partial charge on any atom is 0.115 e. The fourth-order valence-electron chi connectivity index (χ4n) is 2.62. The standard InChI is InChI=1S/C15H14O/c1-10-3-2-4-11-5-6-12-9-13(16)7-8-14(12)15(10)11/h2-4,7-9,16H,5-6H2,1H3. The summed E-state index contributed by atoms with van der Waals surface area (Å²) < 4.78 is 0. The number of phenolic OH excluding ortho intramolecular Hbond substituents is 1. The Hall–Kier alpha value is -1.76. The number of aromatic hydroxyl groups is 1. The van der Waals surface area contributed by atoms with E-state index in [2.05, 4.69) is 25.1 Å². The molecule has 16 heavy (non-hydrogen) atoms. The number of hydrogen-bond donors (Lipinski definition) is 1. The lowest BCUT2D eigenvalue weighted by Gasteiger charge is -2.21. The molecule has 0 saturated carbocycles. The predicted molar refractivity (Wildman–Crippen MR) is 65.7 cm³/mol. The van der Waals surface area contributed by atoms with Crippen molar-refractivity contribution in [3.63, 3.8) is 0 Å². The van der Waals surface area contributed by atoms with Crippen molar-refractivity contribution in [3.8, 4) is 16.9 Å². The zero-order valence-electron chi connectivity index (χ0n) is 9.33. The molecule has 0 unspecified atom stereocenters. The molecule has 2 aromatic rings. The molecule has 1 aliphatic carbocycles. The van der Waals surface area contributed by atoms with E-state index in [0.717, 1.165) is 12.8 Å². The third-order valence-electron chi connectivity index (χ3n) is 3.38. The minimum absolute atomic E-state index is 0.371. The number of hydrogen-bond acceptors (Lipinski definition) is 1. The molecule has 1 heteroatoms. The zero-order chi connectivity index (χ0) is 11.1. The largest absolute Gasteiger partial charge is 0.508 e. The van der Waals surface area contributed by atoms with Crippen molar-refractivity contribution in [2.75, 3.05) is 0 Å². The average Bonchev–Trinajstić information content (AvgIpc) is 2.29. The highest BCUT2D eigenvalue weighted by Gasteiger charge is 2.17. The van der Waals surface area contributed by atoms with Crippen LogP contribution in [0.4, 0.5) is 0 Å². The normalized spacial score (nSPS) is 13.1. The Labute approximate surface area is 95.4 Å². The molecule has 0 aliphatic heterocycles. The van der Waals surface area contributed by atoms with Crippen molar-refractivity contribution in [3.05, 3.63) is 53.1 Å². The van der Waals surface area contributed by atoms with Gasteiger partial charge in [0.15, 0.2) is 0 Å². The van der Waals surface area contributed by atoms with Gasteiger partial charge in [-0.05, 0) is 59.7 Å². The molecule has 0 spiro atoms. The molecule has 80 valence electrons. The van der Waals surface area contributed by atoms with Gasteiger partial charge in [0.25, 0.3) is 0 Å². The minimum Gasteiger partial charge on any atom is -0.508 e. The summed E-state index contributed by atoms with van der Waals surface area (Å²) in [4.78, 5) is 0. The van der Waals surface area contributed by atoms with E-state index in [4.69, 9.17) is 0 Å². The van der Waals surface area contributed by atoms with Gasteiger partial charge in [0.2, 0.25) is 0 Å². The molecule has 0 aromatic heterocycles. The van der Waals surface area contributed by atoms with Crippen molar-refractivity contribution in [1.82, 2.24) is 0 Å². The number of rotatable bonds is 0. The Morgan fingerprint density at radius 2 is 1.81 bits per heavy atom.